The van der Waals surface area contributed by atoms with E-state index in [0.717, 1.165) is 27.0 Å². The van der Waals surface area contributed by atoms with Gasteiger partial charge in [-0.15, -0.1) is 11.8 Å². The van der Waals surface area contributed by atoms with E-state index in [1.165, 1.54) is 18.7 Å². The van der Waals surface area contributed by atoms with Crippen molar-refractivity contribution >= 4 is 45.7 Å². The Morgan fingerprint density at radius 2 is 1.70 bits per heavy atom. The third-order valence-corrected chi connectivity index (χ3v) is 5.50. The predicted octanol–water partition coefficient (Wildman–Crippen LogP) is 5.31. The van der Waals surface area contributed by atoms with Gasteiger partial charge in [-0.05, 0) is 36.1 Å². The molecule has 0 fully saturated rings. The monoisotopic (exact) mass is 378 g/mol. The number of thioether (sulfide) groups is 1. The normalized spacial score (nSPS) is 11.8. The van der Waals surface area contributed by atoms with Gasteiger partial charge in [0, 0.05) is 28.6 Å². The van der Waals surface area contributed by atoms with Crippen LogP contribution in [0.3, 0.4) is 0 Å². The largest absolute Gasteiger partial charge is 0.326 e. The van der Waals surface area contributed by atoms with Gasteiger partial charge in [-0.2, -0.15) is 0 Å². The summed E-state index contributed by atoms with van der Waals surface area (Å²) >= 11 is 1.50. The summed E-state index contributed by atoms with van der Waals surface area (Å²) < 4.78 is 0. The quantitative estimate of drug-likeness (QED) is 0.572. The van der Waals surface area contributed by atoms with Gasteiger partial charge in [-0.25, -0.2) is 0 Å². The Balaban J connectivity index is 1.75. The molecule has 2 N–H and O–H groups in total. The molecule has 0 spiro atoms. The number of hydrogen-bond acceptors (Lipinski definition) is 3. The number of nitrogens with one attached hydrogen (secondary N) is 2. The minimum atomic E-state index is -0.225. The topological polar surface area (TPSA) is 58.2 Å². The van der Waals surface area contributed by atoms with Crippen LogP contribution in [0.2, 0.25) is 0 Å². The standard InChI is InChI=1S/C22H22N2O2S/c1-3-21(27-18-11-7-10-17(14-18)23-15(2)25)22(26)24-20-13-6-9-16-8-4-5-12-19(16)20/h4-14,21H,3H2,1-2H3,(H,23,25)(H,24,26). The first-order valence-electron chi connectivity index (χ1n) is 8.89. The summed E-state index contributed by atoms with van der Waals surface area (Å²) in [6.45, 7) is 3.48. The Morgan fingerprint density at radius 3 is 2.48 bits per heavy atom. The van der Waals surface area contributed by atoms with Crippen LogP contribution in [-0.4, -0.2) is 17.1 Å². The summed E-state index contributed by atoms with van der Waals surface area (Å²) in [5.41, 5.74) is 1.56. The zero-order valence-corrected chi connectivity index (χ0v) is 16.2. The lowest BCUT2D eigenvalue weighted by molar-refractivity contribution is -0.116. The maximum absolute atomic E-state index is 12.9. The summed E-state index contributed by atoms with van der Waals surface area (Å²) in [6.07, 6.45) is 0.700. The molecule has 0 aromatic heterocycles. The molecule has 0 saturated heterocycles. The van der Waals surface area contributed by atoms with Crippen LogP contribution in [0.15, 0.2) is 71.6 Å². The van der Waals surface area contributed by atoms with Gasteiger partial charge in [0.2, 0.25) is 11.8 Å². The molecule has 1 atom stereocenters. The molecule has 3 aromatic carbocycles. The Morgan fingerprint density at radius 1 is 0.963 bits per heavy atom. The van der Waals surface area contributed by atoms with Gasteiger partial charge >= 0.3 is 0 Å². The van der Waals surface area contributed by atoms with Crippen LogP contribution in [0, 0.1) is 0 Å². The van der Waals surface area contributed by atoms with Crippen molar-refractivity contribution in [3.05, 3.63) is 66.7 Å². The number of carbonyl (C=O) groups excluding carboxylic acids is 2. The van der Waals surface area contributed by atoms with Gasteiger partial charge in [-0.3, -0.25) is 9.59 Å². The molecule has 3 rings (SSSR count). The summed E-state index contributed by atoms with van der Waals surface area (Å²) in [5.74, 6) is -0.137. The molecular weight excluding hydrogens is 356 g/mol. The van der Waals surface area contributed by atoms with Crippen molar-refractivity contribution in [2.24, 2.45) is 0 Å². The maximum Gasteiger partial charge on any atom is 0.237 e. The Bertz CT molecular complexity index is 966. The predicted molar refractivity (Wildman–Crippen MR) is 113 cm³/mol. The van der Waals surface area contributed by atoms with Crippen molar-refractivity contribution in [1.29, 1.82) is 0 Å². The molecule has 3 aromatic rings. The average Bonchev–Trinajstić information content (AvgIpc) is 2.66. The van der Waals surface area contributed by atoms with Crippen LogP contribution < -0.4 is 10.6 Å². The van der Waals surface area contributed by atoms with E-state index >= 15 is 0 Å². The average molecular weight is 378 g/mol. The highest BCUT2D eigenvalue weighted by molar-refractivity contribution is 8.00. The van der Waals surface area contributed by atoms with Crippen molar-refractivity contribution in [1.82, 2.24) is 0 Å². The molecule has 0 aliphatic heterocycles. The first kappa shape index (κ1) is 19.0. The van der Waals surface area contributed by atoms with Gasteiger partial charge in [0.1, 0.15) is 0 Å². The van der Waals surface area contributed by atoms with Crippen molar-refractivity contribution in [2.75, 3.05) is 10.6 Å². The Labute approximate surface area is 163 Å². The fourth-order valence-electron chi connectivity index (χ4n) is 2.88. The molecule has 1 unspecified atom stereocenters. The lowest BCUT2D eigenvalue weighted by Crippen LogP contribution is -2.24. The molecule has 2 amide bonds. The number of carbonyl (C=O) groups is 2. The summed E-state index contributed by atoms with van der Waals surface area (Å²) in [4.78, 5) is 25.0. The molecular formula is C22H22N2O2S. The lowest BCUT2D eigenvalue weighted by atomic mass is 10.1. The maximum atomic E-state index is 12.9. The van der Waals surface area contributed by atoms with Crippen LogP contribution in [0.5, 0.6) is 0 Å². The van der Waals surface area contributed by atoms with E-state index in [2.05, 4.69) is 10.6 Å². The molecule has 0 saturated carbocycles. The number of anilines is 2. The minimum Gasteiger partial charge on any atom is -0.326 e. The number of benzene rings is 3. The first-order chi connectivity index (χ1) is 13.1. The zero-order valence-electron chi connectivity index (χ0n) is 15.4. The van der Waals surface area contributed by atoms with Gasteiger partial charge in [0.05, 0.1) is 5.25 Å². The minimum absolute atomic E-state index is 0.0243. The van der Waals surface area contributed by atoms with Crippen LogP contribution in [0.4, 0.5) is 11.4 Å². The third-order valence-electron chi connectivity index (χ3n) is 4.14. The lowest BCUT2D eigenvalue weighted by Gasteiger charge is -2.16. The second-order valence-corrected chi connectivity index (χ2v) is 7.52. The molecule has 4 nitrogen and oxygen atoms in total. The van der Waals surface area contributed by atoms with E-state index in [9.17, 15) is 9.59 Å². The Hall–Kier alpha value is -2.79. The SMILES string of the molecule is CCC(Sc1cccc(NC(C)=O)c1)C(=O)Nc1cccc2ccccc12. The summed E-state index contributed by atoms with van der Waals surface area (Å²) in [7, 11) is 0. The van der Waals surface area contributed by atoms with Crippen LogP contribution in [0.25, 0.3) is 10.8 Å². The number of amides is 2. The summed E-state index contributed by atoms with van der Waals surface area (Å²) in [6, 6.07) is 21.5. The van der Waals surface area contributed by atoms with Gasteiger partial charge in [0.25, 0.3) is 0 Å². The Kier molecular flexibility index (Phi) is 6.14. The van der Waals surface area contributed by atoms with E-state index < -0.39 is 0 Å². The number of fused-ring (bicyclic) bond motifs is 1. The molecule has 138 valence electrons. The van der Waals surface area contributed by atoms with Crippen LogP contribution >= 0.6 is 11.8 Å². The molecule has 0 heterocycles. The second kappa shape index (κ2) is 8.73. The van der Waals surface area contributed by atoms with E-state index in [1.54, 1.807) is 0 Å². The van der Waals surface area contributed by atoms with Crippen molar-refractivity contribution in [3.63, 3.8) is 0 Å². The highest BCUT2D eigenvalue weighted by Crippen LogP contribution is 2.30. The molecule has 0 aliphatic carbocycles. The fraction of sp³-hybridized carbons (Fsp3) is 0.182. The van der Waals surface area contributed by atoms with Gasteiger partial charge in [0.15, 0.2) is 0 Å². The number of rotatable bonds is 6. The van der Waals surface area contributed by atoms with Gasteiger partial charge < -0.3 is 10.6 Å². The molecule has 0 bridgehead atoms. The summed E-state index contributed by atoms with van der Waals surface area (Å²) in [5, 5.41) is 7.75. The molecule has 0 radical (unpaired) electrons. The zero-order chi connectivity index (χ0) is 19.2. The van der Waals surface area contributed by atoms with Crippen molar-refractivity contribution < 1.29 is 9.59 Å². The smallest absolute Gasteiger partial charge is 0.237 e. The van der Waals surface area contributed by atoms with Crippen LogP contribution in [-0.2, 0) is 9.59 Å². The second-order valence-electron chi connectivity index (χ2n) is 6.24. The van der Waals surface area contributed by atoms with E-state index in [0.29, 0.717) is 6.42 Å². The highest BCUT2D eigenvalue weighted by Gasteiger charge is 2.19. The van der Waals surface area contributed by atoms with Crippen molar-refractivity contribution in [3.8, 4) is 0 Å². The molecule has 27 heavy (non-hydrogen) atoms. The first-order valence-corrected chi connectivity index (χ1v) is 9.77. The van der Waals surface area contributed by atoms with E-state index in [4.69, 9.17) is 0 Å². The highest BCUT2D eigenvalue weighted by atomic mass is 32.2. The molecule has 5 heteroatoms. The van der Waals surface area contributed by atoms with Crippen LogP contribution in [0.1, 0.15) is 20.3 Å². The van der Waals surface area contributed by atoms with E-state index in [-0.39, 0.29) is 17.1 Å². The fourth-order valence-corrected chi connectivity index (χ4v) is 3.90. The number of hydrogen-bond donors (Lipinski definition) is 2. The van der Waals surface area contributed by atoms with E-state index in [1.807, 2.05) is 73.7 Å². The molecule has 0 aliphatic rings. The van der Waals surface area contributed by atoms with Gasteiger partial charge in [-0.1, -0.05) is 49.4 Å². The third kappa shape index (κ3) is 4.89. The van der Waals surface area contributed by atoms with Crippen molar-refractivity contribution in [2.45, 2.75) is 30.4 Å².